The first-order valence-electron chi connectivity index (χ1n) is 4.91. The number of halogens is 1. The summed E-state index contributed by atoms with van der Waals surface area (Å²) in [7, 11) is 0. The summed E-state index contributed by atoms with van der Waals surface area (Å²) in [4.78, 5) is 20.4. The third-order valence-corrected chi connectivity index (χ3v) is 2.58. The molecule has 2 rings (SSSR count). The SMILES string of the molecule is O=c1[nH]c(=S)[nH]c(O)c1C=Nc1ccc(Cl)cc1. The lowest BCUT2D eigenvalue weighted by atomic mass is 10.3. The van der Waals surface area contributed by atoms with Crippen LogP contribution in [0.2, 0.25) is 5.02 Å². The molecule has 5 nitrogen and oxygen atoms in total. The standard InChI is InChI=1S/C11H8ClN3O2S/c12-6-1-3-7(4-2-6)13-5-8-9(16)14-11(18)15-10(8)17/h1-5H,(H3,14,15,16,17,18). The number of aromatic nitrogens is 2. The van der Waals surface area contributed by atoms with E-state index in [1.165, 1.54) is 6.21 Å². The minimum atomic E-state index is -0.506. The molecule has 7 heteroatoms. The van der Waals surface area contributed by atoms with Crippen LogP contribution in [0.1, 0.15) is 5.56 Å². The minimum absolute atomic E-state index is 0.0125. The number of aliphatic imine (C=N–C) groups is 1. The molecule has 0 spiro atoms. The monoisotopic (exact) mass is 281 g/mol. The van der Waals surface area contributed by atoms with Crippen LogP contribution in [0.5, 0.6) is 5.88 Å². The zero-order valence-corrected chi connectivity index (χ0v) is 10.5. The van der Waals surface area contributed by atoms with E-state index in [0.29, 0.717) is 10.7 Å². The molecule has 0 saturated heterocycles. The van der Waals surface area contributed by atoms with Gasteiger partial charge in [0, 0.05) is 11.2 Å². The van der Waals surface area contributed by atoms with Crippen molar-refractivity contribution in [2.75, 3.05) is 0 Å². The van der Waals surface area contributed by atoms with E-state index < -0.39 is 5.56 Å². The Bertz CT molecular complexity index is 703. The van der Waals surface area contributed by atoms with Crippen LogP contribution in [0, 0.1) is 4.77 Å². The van der Waals surface area contributed by atoms with Gasteiger partial charge in [0.2, 0.25) is 5.88 Å². The summed E-state index contributed by atoms with van der Waals surface area (Å²) in [6.07, 6.45) is 1.25. The van der Waals surface area contributed by atoms with Crippen LogP contribution >= 0.6 is 23.8 Å². The van der Waals surface area contributed by atoms with Crippen molar-refractivity contribution in [1.29, 1.82) is 0 Å². The molecule has 1 aromatic heterocycles. The third-order valence-electron chi connectivity index (χ3n) is 2.13. The molecular formula is C11H8ClN3O2S. The number of aromatic amines is 2. The number of H-pyrrole nitrogens is 2. The average Bonchev–Trinajstić information content (AvgIpc) is 2.30. The quantitative estimate of drug-likeness (QED) is 0.584. The van der Waals surface area contributed by atoms with Crippen LogP contribution in [-0.4, -0.2) is 21.3 Å². The molecule has 0 aliphatic carbocycles. The number of aromatic hydroxyl groups is 1. The Hall–Kier alpha value is -1.92. The first-order valence-corrected chi connectivity index (χ1v) is 5.70. The van der Waals surface area contributed by atoms with Gasteiger partial charge in [0.15, 0.2) is 4.77 Å². The lowest BCUT2D eigenvalue weighted by Gasteiger charge is -1.97. The van der Waals surface area contributed by atoms with Crippen LogP contribution in [0.15, 0.2) is 34.1 Å². The molecule has 0 radical (unpaired) electrons. The fraction of sp³-hybridized carbons (Fsp3) is 0. The lowest BCUT2D eigenvalue weighted by molar-refractivity contribution is 0.449. The van der Waals surface area contributed by atoms with E-state index in [2.05, 4.69) is 15.0 Å². The summed E-state index contributed by atoms with van der Waals surface area (Å²) in [6.45, 7) is 0. The van der Waals surface area contributed by atoms with Crippen LogP contribution < -0.4 is 5.56 Å². The highest BCUT2D eigenvalue weighted by molar-refractivity contribution is 7.71. The van der Waals surface area contributed by atoms with Crippen molar-refractivity contribution in [1.82, 2.24) is 9.97 Å². The second kappa shape index (κ2) is 5.16. The number of nitrogens with one attached hydrogen (secondary N) is 2. The smallest absolute Gasteiger partial charge is 0.264 e. The third kappa shape index (κ3) is 2.85. The van der Waals surface area contributed by atoms with E-state index in [4.69, 9.17) is 23.8 Å². The van der Waals surface area contributed by atoms with Gasteiger partial charge in [-0.15, -0.1) is 0 Å². The molecule has 0 fully saturated rings. The number of hydrogen-bond donors (Lipinski definition) is 3. The second-order valence-electron chi connectivity index (χ2n) is 3.41. The molecule has 1 heterocycles. The minimum Gasteiger partial charge on any atom is -0.494 e. The van der Waals surface area contributed by atoms with E-state index >= 15 is 0 Å². The van der Waals surface area contributed by atoms with Crippen LogP contribution in [0.3, 0.4) is 0 Å². The summed E-state index contributed by atoms with van der Waals surface area (Å²) < 4.78 is 0.0566. The molecule has 0 atom stereocenters. The molecule has 2 aromatic rings. The van der Waals surface area contributed by atoms with Crippen LogP contribution in [0.4, 0.5) is 5.69 Å². The van der Waals surface area contributed by atoms with Crippen molar-refractivity contribution >= 4 is 35.7 Å². The second-order valence-corrected chi connectivity index (χ2v) is 4.25. The molecule has 0 aliphatic rings. The Kier molecular flexibility index (Phi) is 3.59. The van der Waals surface area contributed by atoms with Crippen molar-refractivity contribution in [2.45, 2.75) is 0 Å². The topological polar surface area (TPSA) is 81.2 Å². The molecule has 0 saturated carbocycles. The van der Waals surface area contributed by atoms with Gasteiger partial charge >= 0.3 is 0 Å². The first kappa shape index (κ1) is 12.5. The summed E-state index contributed by atoms with van der Waals surface area (Å²) in [5.41, 5.74) is 0.119. The summed E-state index contributed by atoms with van der Waals surface area (Å²) in [5, 5.41) is 10.1. The van der Waals surface area contributed by atoms with Gasteiger partial charge in [0.05, 0.1) is 5.69 Å². The average molecular weight is 282 g/mol. The summed E-state index contributed by atoms with van der Waals surface area (Å²) >= 11 is 10.4. The van der Waals surface area contributed by atoms with Crippen molar-refractivity contribution in [3.63, 3.8) is 0 Å². The van der Waals surface area contributed by atoms with Crippen molar-refractivity contribution in [3.8, 4) is 5.88 Å². The van der Waals surface area contributed by atoms with E-state index in [0.717, 1.165) is 0 Å². The van der Waals surface area contributed by atoms with Gasteiger partial charge in [-0.1, -0.05) is 11.6 Å². The van der Waals surface area contributed by atoms with Gasteiger partial charge in [-0.3, -0.25) is 14.8 Å². The van der Waals surface area contributed by atoms with Crippen LogP contribution in [0.25, 0.3) is 0 Å². The predicted octanol–water partition coefficient (Wildman–Crippen LogP) is 2.54. The maximum atomic E-state index is 11.5. The normalized spacial score (nSPS) is 10.9. The Morgan fingerprint density at radius 1 is 1.28 bits per heavy atom. The Morgan fingerprint density at radius 2 is 1.94 bits per heavy atom. The fourth-order valence-corrected chi connectivity index (χ4v) is 1.59. The molecule has 92 valence electrons. The first-order chi connectivity index (χ1) is 8.56. The Morgan fingerprint density at radius 3 is 2.56 bits per heavy atom. The highest BCUT2D eigenvalue weighted by atomic mass is 35.5. The molecule has 3 N–H and O–H groups in total. The van der Waals surface area contributed by atoms with Crippen molar-refractivity contribution in [3.05, 3.63) is 50.0 Å². The molecule has 1 aromatic carbocycles. The predicted molar refractivity (Wildman–Crippen MR) is 72.6 cm³/mol. The zero-order valence-electron chi connectivity index (χ0n) is 8.98. The van der Waals surface area contributed by atoms with Gasteiger partial charge < -0.3 is 10.1 Å². The van der Waals surface area contributed by atoms with Gasteiger partial charge in [0.25, 0.3) is 5.56 Å². The summed E-state index contributed by atoms with van der Waals surface area (Å²) in [5.74, 6) is -0.318. The van der Waals surface area contributed by atoms with Gasteiger partial charge in [-0.25, -0.2) is 0 Å². The number of nitrogens with zero attached hydrogens (tertiary/aromatic N) is 1. The van der Waals surface area contributed by atoms with E-state index in [1.54, 1.807) is 24.3 Å². The maximum absolute atomic E-state index is 11.5. The van der Waals surface area contributed by atoms with Gasteiger partial charge in [-0.2, -0.15) is 0 Å². The lowest BCUT2D eigenvalue weighted by Crippen LogP contribution is -2.13. The van der Waals surface area contributed by atoms with Crippen LogP contribution in [-0.2, 0) is 0 Å². The largest absolute Gasteiger partial charge is 0.494 e. The number of rotatable bonds is 2. The molecule has 18 heavy (non-hydrogen) atoms. The van der Waals surface area contributed by atoms with E-state index in [1.807, 2.05) is 0 Å². The summed E-state index contributed by atoms with van der Waals surface area (Å²) in [6, 6.07) is 6.73. The molecule has 0 unspecified atom stereocenters. The Balaban J connectivity index is 2.38. The van der Waals surface area contributed by atoms with E-state index in [-0.39, 0.29) is 16.2 Å². The molecule has 0 amide bonds. The fourth-order valence-electron chi connectivity index (χ4n) is 1.27. The highest BCUT2D eigenvalue weighted by Gasteiger charge is 2.03. The Labute approximate surface area is 112 Å². The van der Waals surface area contributed by atoms with E-state index in [9.17, 15) is 9.90 Å². The molecule has 0 aliphatic heterocycles. The molecule has 0 bridgehead atoms. The molecular weight excluding hydrogens is 274 g/mol. The number of benzene rings is 1. The van der Waals surface area contributed by atoms with Gasteiger partial charge in [-0.05, 0) is 36.5 Å². The van der Waals surface area contributed by atoms with Crippen molar-refractivity contribution in [2.24, 2.45) is 4.99 Å². The highest BCUT2D eigenvalue weighted by Crippen LogP contribution is 2.16. The van der Waals surface area contributed by atoms with Crippen molar-refractivity contribution < 1.29 is 5.11 Å². The number of hydrogen-bond acceptors (Lipinski definition) is 4. The zero-order chi connectivity index (χ0) is 13.1. The maximum Gasteiger partial charge on any atom is 0.264 e. The van der Waals surface area contributed by atoms with Gasteiger partial charge in [0.1, 0.15) is 5.56 Å².